The maximum Gasteiger partial charge on any atom is 0.263 e. The summed E-state index contributed by atoms with van der Waals surface area (Å²) in [4.78, 5) is 36.3. The van der Waals surface area contributed by atoms with Crippen molar-refractivity contribution in [3.8, 4) is 11.5 Å². The summed E-state index contributed by atoms with van der Waals surface area (Å²) in [6.45, 7) is 1.78. The molecule has 2 aromatic carbocycles. The summed E-state index contributed by atoms with van der Waals surface area (Å²) in [6.07, 6.45) is 1.35. The van der Waals surface area contributed by atoms with E-state index < -0.39 is 11.8 Å². The number of nitrogens with one attached hydrogen (secondary N) is 3. The maximum absolute atomic E-state index is 12.2. The van der Waals surface area contributed by atoms with Gasteiger partial charge in [0.1, 0.15) is 5.57 Å². The lowest BCUT2D eigenvalue weighted by atomic mass is 10.1. The fourth-order valence-corrected chi connectivity index (χ4v) is 3.16. The number of rotatable bonds is 7. The van der Waals surface area contributed by atoms with Gasteiger partial charge in [-0.3, -0.25) is 25.0 Å². The van der Waals surface area contributed by atoms with E-state index in [4.69, 9.17) is 33.3 Å². The molecular formula is C21H18ClN3O5S. The zero-order valence-corrected chi connectivity index (χ0v) is 17.9. The van der Waals surface area contributed by atoms with Gasteiger partial charge in [-0.25, -0.2) is 0 Å². The standard InChI is InChI=1S/C21H18ClN3O5S/c1-2-29-16-10-12(8-14-19(27)24-21(31)25-20(14)28)9-15(22)18(16)30-11-17(26)23-13-6-4-3-5-7-13/h3-10H,2,11H2,1H3,(H,23,26)(H2,24,25,27,28,31). The van der Waals surface area contributed by atoms with Crippen LogP contribution in [-0.4, -0.2) is 36.0 Å². The molecule has 1 fully saturated rings. The number of anilines is 1. The first-order valence-corrected chi connectivity index (χ1v) is 9.98. The number of halogens is 1. The average molecular weight is 460 g/mol. The van der Waals surface area contributed by atoms with Crippen LogP contribution in [0.4, 0.5) is 5.69 Å². The Kier molecular flexibility index (Phi) is 7.22. The monoisotopic (exact) mass is 459 g/mol. The second-order valence-corrected chi connectivity index (χ2v) is 7.08. The summed E-state index contributed by atoms with van der Waals surface area (Å²) in [5, 5.41) is 7.51. The number of ether oxygens (including phenoxy) is 2. The van der Waals surface area contributed by atoms with Gasteiger partial charge in [0, 0.05) is 5.69 Å². The molecule has 0 saturated carbocycles. The molecular weight excluding hydrogens is 442 g/mol. The van der Waals surface area contributed by atoms with Crippen molar-refractivity contribution in [3.63, 3.8) is 0 Å². The fourth-order valence-electron chi connectivity index (χ4n) is 2.70. The van der Waals surface area contributed by atoms with E-state index in [1.54, 1.807) is 37.3 Å². The summed E-state index contributed by atoms with van der Waals surface area (Å²) in [7, 11) is 0. The molecule has 3 N–H and O–H groups in total. The van der Waals surface area contributed by atoms with Gasteiger partial charge in [-0.05, 0) is 55.0 Å². The molecule has 0 aliphatic carbocycles. The number of benzene rings is 2. The van der Waals surface area contributed by atoms with Crippen molar-refractivity contribution in [1.29, 1.82) is 0 Å². The SMILES string of the molecule is CCOc1cc(C=C2C(=O)NC(=S)NC2=O)cc(Cl)c1OCC(=O)Nc1ccccc1. The van der Waals surface area contributed by atoms with Crippen LogP contribution in [-0.2, 0) is 14.4 Å². The molecule has 8 nitrogen and oxygen atoms in total. The van der Waals surface area contributed by atoms with E-state index in [9.17, 15) is 14.4 Å². The van der Waals surface area contributed by atoms with Crippen molar-refractivity contribution in [2.45, 2.75) is 6.92 Å². The number of hydrogen-bond donors (Lipinski definition) is 3. The van der Waals surface area contributed by atoms with E-state index in [1.165, 1.54) is 12.1 Å². The molecule has 0 atom stereocenters. The molecule has 0 aromatic heterocycles. The quantitative estimate of drug-likeness (QED) is 0.334. The van der Waals surface area contributed by atoms with Crippen LogP contribution < -0.4 is 25.4 Å². The summed E-state index contributed by atoms with van der Waals surface area (Å²) in [5.74, 6) is -1.18. The number of carbonyl (C=O) groups is 3. The van der Waals surface area contributed by atoms with Crippen LogP contribution >= 0.6 is 23.8 Å². The molecule has 10 heteroatoms. The Morgan fingerprint density at radius 2 is 1.81 bits per heavy atom. The van der Waals surface area contributed by atoms with E-state index in [0.717, 1.165) is 0 Å². The summed E-state index contributed by atoms with van der Waals surface area (Å²) in [6, 6.07) is 12.0. The number of para-hydroxylation sites is 1. The number of hydrogen-bond acceptors (Lipinski definition) is 6. The van der Waals surface area contributed by atoms with Gasteiger partial charge < -0.3 is 14.8 Å². The Labute approximate surface area is 188 Å². The zero-order chi connectivity index (χ0) is 22.4. The Bertz CT molecular complexity index is 1050. The van der Waals surface area contributed by atoms with Gasteiger partial charge in [0.15, 0.2) is 23.2 Å². The second kappa shape index (κ2) is 10.1. The van der Waals surface area contributed by atoms with Crippen LogP contribution in [0, 0.1) is 0 Å². The fraction of sp³-hybridized carbons (Fsp3) is 0.143. The van der Waals surface area contributed by atoms with Crippen LogP contribution in [0.15, 0.2) is 48.0 Å². The van der Waals surface area contributed by atoms with Crippen molar-refractivity contribution < 1.29 is 23.9 Å². The molecule has 3 amide bonds. The van der Waals surface area contributed by atoms with Crippen molar-refractivity contribution in [3.05, 3.63) is 58.6 Å². The summed E-state index contributed by atoms with van der Waals surface area (Å²) in [5.41, 5.74) is 0.934. The van der Waals surface area contributed by atoms with E-state index >= 15 is 0 Å². The molecule has 1 aliphatic heterocycles. The van der Waals surface area contributed by atoms with E-state index in [-0.39, 0.29) is 39.7 Å². The zero-order valence-electron chi connectivity index (χ0n) is 16.4. The van der Waals surface area contributed by atoms with Gasteiger partial charge in [-0.15, -0.1) is 0 Å². The minimum atomic E-state index is -0.624. The summed E-state index contributed by atoms with van der Waals surface area (Å²) < 4.78 is 11.2. The van der Waals surface area contributed by atoms with E-state index in [0.29, 0.717) is 17.9 Å². The number of carbonyl (C=O) groups excluding carboxylic acids is 3. The third kappa shape index (κ3) is 5.80. The highest BCUT2D eigenvalue weighted by atomic mass is 35.5. The second-order valence-electron chi connectivity index (χ2n) is 6.26. The smallest absolute Gasteiger partial charge is 0.263 e. The first-order chi connectivity index (χ1) is 14.9. The molecule has 31 heavy (non-hydrogen) atoms. The first kappa shape index (κ1) is 22.3. The third-order valence-corrected chi connectivity index (χ3v) is 4.48. The van der Waals surface area contributed by atoms with Crippen LogP contribution in [0.2, 0.25) is 5.02 Å². The molecule has 0 bridgehead atoms. The van der Waals surface area contributed by atoms with Crippen LogP contribution in [0.3, 0.4) is 0 Å². The van der Waals surface area contributed by atoms with Gasteiger partial charge in [-0.1, -0.05) is 29.8 Å². The minimum absolute atomic E-state index is 0.0577. The molecule has 1 saturated heterocycles. The predicted octanol–water partition coefficient (Wildman–Crippen LogP) is 2.67. The van der Waals surface area contributed by atoms with Gasteiger partial charge in [0.2, 0.25) is 0 Å². The van der Waals surface area contributed by atoms with Crippen molar-refractivity contribution in [2.24, 2.45) is 0 Å². The van der Waals surface area contributed by atoms with E-state index in [2.05, 4.69) is 16.0 Å². The minimum Gasteiger partial charge on any atom is -0.490 e. The van der Waals surface area contributed by atoms with Gasteiger partial charge >= 0.3 is 0 Å². The topological polar surface area (TPSA) is 106 Å². The van der Waals surface area contributed by atoms with Crippen LogP contribution in [0.1, 0.15) is 12.5 Å². The van der Waals surface area contributed by atoms with Crippen LogP contribution in [0.25, 0.3) is 6.08 Å². The molecule has 0 unspecified atom stereocenters. The molecule has 3 rings (SSSR count). The Balaban J connectivity index is 1.79. The Hall–Kier alpha value is -3.43. The molecule has 2 aromatic rings. The van der Waals surface area contributed by atoms with Gasteiger partial charge in [-0.2, -0.15) is 0 Å². The molecule has 160 valence electrons. The average Bonchev–Trinajstić information content (AvgIpc) is 2.71. The number of thiocarbonyl (C=S) groups is 1. The molecule has 0 radical (unpaired) electrons. The van der Waals surface area contributed by atoms with Crippen molar-refractivity contribution in [2.75, 3.05) is 18.5 Å². The van der Waals surface area contributed by atoms with Gasteiger partial charge in [0.25, 0.3) is 17.7 Å². The van der Waals surface area contributed by atoms with Gasteiger partial charge in [0.05, 0.1) is 11.6 Å². The highest BCUT2D eigenvalue weighted by Gasteiger charge is 2.26. The largest absolute Gasteiger partial charge is 0.490 e. The first-order valence-electron chi connectivity index (χ1n) is 9.19. The maximum atomic E-state index is 12.2. The lowest BCUT2D eigenvalue weighted by Gasteiger charge is -2.17. The molecule has 0 spiro atoms. The number of amides is 3. The molecule has 1 aliphatic rings. The van der Waals surface area contributed by atoms with Crippen LogP contribution in [0.5, 0.6) is 11.5 Å². The van der Waals surface area contributed by atoms with Crippen molar-refractivity contribution in [1.82, 2.24) is 10.6 Å². The lowest BCUT2D eigenvalue weighted by Crippen LogP contribution is -2.51. The highest BCUT2D eigenvalue weighted by Crippen LogP contribution is 2.37. The third-order valence-electron chi connectivity index (χ3n) is 3.99. The van der Waals surface area contributed by atoms with Crippen molar-refractivity contribution >= 4 is 58.4 Å². The highest BCUT2D eigenvalue weighted by molar-refractivity contribution is 7.80. The summed E-state index contributed by atoms with van der Waals surface area (Å²) >= 11 is 11.1. The Morgan fingerprint density at radius 3 is 2.45 bits per heavy atom. The normalized spacial score (nSPS) is 13.2. The molecule has 1 heterocycles. The van der Waals surface area contributed by atoms with E-state index in [1.807, 2.05) is 6.07 Å². The predicted molar refractivity (Wildman–Crippen MR) is 120 cm³/mol. The lowest BCUT2D eigenvalue weighted by molar-refractivity contribution is -0.123. The Morgan fingerprint density at radius 1 is 1.13 bits per heavy atom.